The number of rotatable bonds is 6. The van der Waals surface area contributed by atoms with E-state index in [1.165, 1.54) is 49.0 Å². The van der Waals surface area contributed by atoms with Crippen molar-refractivity contribution in [1.82, 2.24) is 5.32 Å². The molecule has 0 unspecified atom stereocenters. The highest BCUT2D eigenvalue weighted by Crippen LogP contribution is 2.51. The fourth-order valence-corrected chi connectivity index (χ4v) is 4.15. The molecule has 2 aliphatic carbocycles. The molecule has 21 heavy (non-hydrogen) atoms. The summed E-state index contributed by atoms with van der Waals surface area (Å²) in [6.45, 7) is 5.89. The zero-order chi connectivity index (χ0) is 15.0. The molecule has 0 atom stereocenters. The zero-order valence-corrected chi connectivity index (χ0v) is 13.7. The monoisotopic (exact) mass is 307 g/mol. The van der Waals surface area contributed by atoms with Crippen LogP contribution >= 0.6 is 11.3 Å². The predicted molar refractivity (Wildman–Crippen MR) is 89.2 cm³/mol. The van der Waals surface area contributed by atoms with Gasteiger partial charge in [-0.15, -0.1) is 11.3 Å². The van der Waals surface area contributed by atoms with Gasteiger partial charge in [-0.1, -0.05) is 13.3 Å². The summed E-state index contributed by atoms with van der Waals surface area (Å²) >= 11 is 1.53. The maximum absolute atomic E-state index is 12.1. The Hall–Kier alpha value is -1.23. The number of nitrogen functional groups attached to an aromatic ring is 1. The Morgan fingerprint density at radius 2 is 2.14 bits per heavy atom. The van der Waals surface area contributed by atoms with Crippen molar-refractivity contribution in [3.05, 3.63) is 10.4 Å². The lowest BCUT2D eigenvalue weighted by atomic mass is 9.70. The second-order valence-corrected chi connectivity index (χ2v) is 7.76. The van der Waals surface area contributed by atoms with E-state index in [1.807, 2.05) is 6.92 Å². The van der Waals surface area contributed by atoms with E-state index in [0.29, 0.717) is 28.4 Å². The molecule has 1 aromatic heterocycles. The summed E-state index contributed by atoms with van der Waals surface area (Å²) in [6.07, 6.45) is 6.32. The molecule has 0 radical (unpaired) electrons. The Balaban J connectivity index is 1.80. The number of nitrogens with one attached hydrogen (secondary N) is 2. The van der Waals surface area contributed by atoms with Gasteiger partial charge >= 0.3 is 0 Å². The van der Waals surface area contributed by atoms with E-state index in [2.05, 4.69) is 17.6 Å². The molecule has 1 heterocycles. The van der Waals surface area contributed by atoms with Crippen LogP contribution in [0.3, 0.4) is 0 Å². The van der Waals surface area contributed by atoms with Crippen LogP contribution in [0, 0.1) is 5.41 Å². The molecule has 1 aromatic rings. The first kappa shape index (κ1) is 14.7. The third-order valence-corrected chi connectivity index (χ3v) is 5.93. The Bertz CT molecular complexity index is 544. The largest absolute Gasteiger partial charge is 0.397 e. The third kappa shape index (κ3) is 2.89. The maximum atomic E-state index is 12.1. The second-order valence-electron chi connectivity index (χ2n) is 6.74. The minimum atomic E-state index is -0.0372. The van der Waals surface area contributed by atoms with Gasteiger partial charge < -0.3 is 16.4 Å². The van der Waals surface area contributed by atoms with Crippen molar-refractivity contribution >= 4 is 27.9 Å². The molecule has 3 rings (SSSR count). The summed E-state index contributed by atoms with van der Waals surface area (Å²) in [5.41, 5.74) is 8.60. The van der Waals surface area contributed by atoms with Gasteiger partial charge in [0.25, 0.3) is 5.91 Å². The Morgan fingerprint density at radius 1 is 1.43 bits per heavy atom. The van der Waals surface area contributed by atoms with E-state index >= 15 is 0 Å². The molecule has 4 N–H and O–H groups in total. The first-order valence-electron chi connectivity index (χ1n) is 7.98. The molecule has 4 nitrogen and oxygen atoms in total. The van der Waals surface area contributed by atoms with Gasteiger partial charge in [0, 0.05) is 18.7 Å². The van der Waals surface area contributed by atoms with Gasteiger partial charge in [-0.25, -0.2) is 0 Å². The molecule has 5 heteroatoms. The standard InChI is InChI=1S/C16H25N3OS/c1-3-18-14(20)13-12(17)11(10-5-6-10)15(21-13)19-9-16(2)7-4-8-16/h10,19H,3-9,17H2,1-2H3,(H,18,20). The van der Waals surface area contributed by atoms with Crippen molar-refractivity contribution in [2.24, 2.45) is 5.41 Å². The number of carbonyl (C=O) groups is 1. The molecule has 2 saturated carbocycles. The van der Waals surface area contributed by atoms with Crippen molar-refractivity contribution in [3.8, 4) is 0 Å². The summed E-state index contributed by atoms with van der Waals surface area (Å²) in [6, 6.07) is 0. The van der Waals surface area contributed by atoms with Crippen LogP contribution in [0.1, 0.15) is 67.1 Å². The first-order chi connectivity index (χ1) is 10.0. The second kappa shape index (κ2) is 5.52. The van der Waals surface area contributed by atoms with Crippen molar-refractivity contribution in [2.45, 2.75) is 51.9 Å². The molecule has 0 spiro atoms. The molecule has 0 saturated heterocycles. The van der Waals surface area contributed by atoms with Crippen molar-refractivity contribution < 1.29 is 4.79 Å². The van der Waals surface area contributed by atoms with Crippen molar-refractivity contribution in [3.63, 3.8) is 0 Å². The zero-order valence-electron chi connectivity index (χ0n) is 12.9. The average Bonchev–Trinajstić information content (AvgIpc) is 3.19. The quantitative estimate of drug-likeness (QED) is 0.753. The molecule has 2 fully saturated rings. The minimum absolute atomic E-state index is 0.0372. The van der Waals surface area contributed by atoms with Gasteiger partial charge in [-0.2, -0.15) is 0 Å². The van der Waals surface area contributed by atoms with Gasteiger partial charge in [0.2, 0.25) is 0 Å². The summed E-state index contributed by atoms with van der Waals surface area (Å²) in [5, 5.41) is 7.58. The molecular weight excluding hydrogens is 282 g/mol. The summed E-state index contributed by atoms with van der Waals surface area (Å²) in [5.74, 6) is 0.519. The van der Waals surface area contributed by atoms with Gasteiger partial charge in [0.15, 0.2) is 0 Å². The number of nitrogens with two attached hydrogens (primary N) is 1. The van der Waals surface area contributed by atoms with E-state index in [1.54, 1.807) is 0 Å². The van der Waals surface area contributed by atoms with Crippen LogP contribution < -0.4 is 16.4 Å². The third-order valence-electron chi connectivity index (χ3n) is 4.75. The van der Waals surface area contributed by atoms with E-state index in [-0.39, 0.29) is 5.91 Å². The molecular formula is C16H25N3OS. The molecule has 116 valence electrons. The average molecular weight is 307 g/mol. The summed E-state index contributed by atoms with van der Waals surface area (Å²) < 4.78 is 0. The number of hydrogen-bond donors (Lipinski definition) is 3. The molecule has 2 aliphatic rings. The molecule has 1 amide bonds. The maximum Gasteiger partial charge on any atom is 0.263 e. The van der Waals surface area contributed by atoms with E-state index in [9.17, 15) is 4.79 Å². The first-order valence-corrected chi connectivity index (χ1v) is 8.80. The van der Waals surface area contributed by atoms with Crippen LogP contribution in [-0.2, 0) is 0 Å². The Labute approximate surface area is 130 Å². The lowest BCUT2D eigenvalue weighted by molar-refractivity contribution is 0.0960. The number of carbonyl (C=O) groups excluding carboxylic acids is 1. The number of thiophene rings is 1. The van der Waals surface area contributed by atoms with Crippen molar-refractivity contribution in [2.75, 3.05) is 24.1 Å². The fraction of sp³-hybridized carbons (Fsp3) is 0.688. The van der Waals surface area contributed by atoms with E-state index in [4.69, 9.17) is 5.73 Å². The Morgan fingerprint density at radius 3 is 2.67 bits per heavy atom. The lowest BCUT2D eigenvalue weighted by Crippen LogP contribution is -2.33. The van der Waals surface area contributed by atoms with E-state index < -0.39 is 0 Å². The van der Waals surface area contributed by atoms with Gasteiger partial charge in [0.1, 0.15) is 4.88 Å². The molecule has 0 aromatic carbocycles. The smallest absolute Gasteiger partial charge is 0.263 e. The summed E-state index contributed by atoms with van der Waals surface area (Å²) in [4.78, 5) is 12.8. The fourth-order valence-electron chi connectivity index (χ4n) is 3.03. The highest BCUT2D eigenvalue weighted by atomic mass is 32.1. The molecule has 0 aliphatic heterocycles. The van der Waals surface area contributed by atoms with Gasteiger partial charge in [0.05, 0.1) is 10.7 Å². The number of anilines is 2. The highest BCUT2D eigenvalue weighted by molar-refractivity contribution is 7.18. The minimum Gasteiger partial charge on any atom is -0.397 e. The summed E-state index contributed by atoms with van der Waals surface area (Å²) in [7, 11) is 0. The SMILES string of the molecule is CCNC(=O)c1sc(NCC2(C)CCC2)c(C2CC2)c1N. The van der Waals surface area contributed by atoms with Crippen LogP contribution in [0.2, 0.25) is 0 Å². The number of amides is 1. The van der Waals surface area contributed by atoms with Crippen LogP contribution in [0.25, 0.3) is 0 Å². The topological polar surface area (TPSA) is 67.2 Å². The van der Waals surface area contributed by atoms with Crippen LogP contribution in [0.4, 0.5) is 10.7 Å². The number of hydrogen-bond acceptors (Lipinski definition) is 4. The molecule has 0 bridgehead atoms. The normalized spacial score (nSPS) is 19.9. The van der Waals surface area contributed by atoms with Crippen LogP contribution in [0.15, 0.2) is 0 Å². The van der Waals surface area contributed by atoms with Crippen LogP contribution in [0.5, 0.6) is 0 Å². The van der Waals surface area contributed by atoms with Crippen molar-refractivity contribution in [1.29, 1.82) is 0 Å². The van der Waals surface area contributed by atoms with Gasteiger partial charge in [-0.3, -0.25) is 4.79 Å². The van der Waals surface area contributed by atoms with E-state index in [0.717, 1.165) is 11.5 Å². The lowest BCUT2D eigenvalue weighted by Gasteiger charge is -2.38. The van der Waals surface area contributed by atoms with Crippen LogP contribution in [-0.4, -0.2) is 19.0 Å². The highest BCUT2D eigenvalue weighted by Gasteiger charge is 2.35. The van der Waals surface area contributed by atoms with Gasteiger partial charge in [-0.05, 0) is 43.9 Å². The Kier molecular flexibility index (Phi) is 3.86. The predicted octanol–water partition coefficient (Wildman–Crippen LogP) is 3.56.